The highest BCUT2D eigenvalue weighted by Gasteiger charge is 2.38. The lowest BCUT2D eigenvalue weighted by atomic mass is 9.90. The van der Waals surface area contributed by atoms with Gasteiger partial charge in [0.1, 0.15) is 0 Å². The topological polar surface area (TPSA) is 82.2 Å². The van der Waals surface area contributed by atoms with Crippen molar-refractivity contribution >= 4 is 17.9 Å². The van der Waals surface area contributed by atoms with Gasteiger partial charge in [0.15, 0.2) is 0 Å². The number of likely N-dealkylation sites (N-methyl/N-ethyl adjacent to an activating group) is 1. The number of esters is 1. The summed E-state index contributed by atoms with van der Waals surface area (Å²) in [6.07, 6.45) is -3.85. The fourth-order valence-electron chi connectivity index (χ4n) is 5.31. The number of benzene rings is 2. The molecule has 8 nitrogen and oxygen atoms in total. The zero-order chi connectivity index (χ0) is 29.9. The van der Waals surface area contributed by atoms with Crippen molar-refractivity contribution in [3.8, 4) is 0 Å². The molecule has 3 amide bonds. The molecule has 0 aliphatic carbocycles. The van der Waals surface area contributed by atoms with Gasteiger partial charge in [-0.1, -0.05) is 23.8 Å². The van der Waals surface area contributed by atoms with Crippen LogP contribution in [0.2, 0.25) is 0 Å². The Morgan fingerprint density at radius 1 is 1.02 bits per heavy atom. The molecule has 0 saturated carbocycles. The minimum Gasteiger partial charge on any atom is -0.463 e. The summed E-state index contributed by atoms with van der Waals surface area (Å²) in [6.45, 7) is 7.93. The first-order chi connectivity index (χ1) is 19.4. The predicted molar refractivity (Wildman–Crippen MR) is 147 cm³/mol. The van der Waals surface area contributed by atoms with Crippen LogP contribution in [0.15, 0.2) is 53.7 Å². The summed E-state index contributed by atoms with van der Waals surface area (Å²) < 4.78 is 44.2. The van der Waals surface area contributed by atoms with Crippen molar-refractivity contribution in [3.63, 3.8) is 0 Å². The Morgan fingerprint density at radius 3 is 2.37 bits per heavy atom. The molecule has 1 saturated heterocycles. The Balaban J connectivity index is 1.57. The van der Waals surface area contributed by atoms with Crippen molar-refractivity contribution in [2.45, 2.75) is 39.4 Å². The minimum atomic E-state index is -4.47. The standard InChI is InChI=1S/C30H35F3N4O4/c1-5-41-28(39)25-24(35(4)29(40)34-26(25)23-12-7-19(2)17-20(23)3)18-36-13-6-14-37(16-15-36)27(38)21-8-10-22(11-9-21)30(31,32)33/h7-12,17,26H,5-6,13-16,18H2,1-4H3,(H,34,40). The quantitative estimate of drug-likeness (QED) is 0.509. The monoisotopic (exact) mass is 572 g/mol. The van der Waals surface area contributed by atoms with Crippen LogP contribution in [0.4, 0.5) is 18.0 Å². The van der Waals surface area contributed by atoms with Crippen LogP contribution in [0, 0.1) is 13.8 Å². The van der Waals surface area contributed by atoms with Gasteiger partial charge in [-0.25, -0.2) is 9.59 Å². The molecule has 1 atom stereocenters. The summed E-state index contributed by atoms with van der Waals surface area (Å²) in [7, 11) is 1.61. The van der Waals surface area contributed by atoms with Gasteiger partial charge in [0.05, 0.1) is 23.8 Å². The maximum absolute atomic E-state index is 13.3. The number of nitrogens with one attached hydrogen (secondary N) is 1. The van der Waals surface area contributed by atoms with E-state index < -0.39 is 23.8 Å². The lowest BCUT2D eigenvalue weighted by Gasteiger charge is -2.37. The molecular weight excluding hydrogens is 537 g/mol. The van der Waals surface area contributed by atoms with E-state index in [1.165, 1.54) is 17.0 Å². The Kier molecular flexibility index (Phi) is 9.06. The summed E-state index contributed by atoms with van der Waals surface area (Å²) >= 11 is 0. The van der Waals surface area contributed by atoms with Gasteiger partial charge < -0.3 is 15.0 Å². The van der Waals surface area contributed by atoms with E-state index in [1.807, 2.05) is 32.0 Å². The summed E-state index contributed by atoms with van der Waals surface area (Å²) in [6, 6.07) is 9.05. The van der Waals surface area contributed by atoms with E-state index in [2.05, 4.69) is 10.2 Å². The maximum Gasteiger partial charge on any atom is 0.416 e. The number of alkyl halides is 3. The molecule has 11 heteroatoms. The van der Waals surface area contributed by atoms with E-state index in [9.17, 15) is 27.6 Å². The third-order valence-electron chi connectivity index (χ3n) is 7.52. The summed E-state index contributed by atoms with van der Waals surface area (Å²) in [5.74, 6) is -0.843. The second-order valence-corrected chi connectivity index (χ2v) is 10.4. The number of aryl methyl sites for hydroxylation is 2. The first kappa shape index (κ1) is 30.1. The fourth-order valence-corrected chi connectivity index (χ4v) is 5.31. The molecule has 4 rings (SSSR count). The number of rotatable bonds is 6. The number of hydrogen-bond acceptors (Lipinski definition) is 5. The molecule has 0 radical (unpaired) electrons. The van der Waals surface area contributed by atoms with E-state index in [0.717, 1.165) is 28.8 Å². The number of carbonyl (C=O) groups is 3. The number of carbonyl (C=O) groups excluding carboxylic acids is 3. The van der Waals surface area contributed by atoms with Crippen LogP contribution in [0.1, 0.15) is 52.0 Å². The van der Waals surface area contributed by atoms with Crippen LogP contribution in [0.3, 0.4) is 0 Å². The van der Waals surface area contributed by atoms with Crippen LogP contribution in [0.25, 0.3) is 0 Å². The molecule has 1 N–H and O–H groups in total. The predicted octanol–water partition coefficient (Wildman–Crippen LogP) is 4.68. The molecule has 2 aliphatic heterocycles. The highest BCUT2D eigenvalue weighted by Crippen LogP contribution is 2.34. The molecule has 2 aliphatic rings. The molecule has 0 bridgehead atoms. The van der Waals surface area contributed by atoms with Gasteiger partial charge in [-0.15, -0.1) is 0 Å². The molecule has 0 spiro atoms. The van der Waals surface area contributed by atoms with Crippen LogP contribution in [0.5, 0.6) is 0 Å². The Bertz CT molecular complexity index is 1340. The van der Waals surface area contributed by atoms with E-state index in [-0.39, 0.29) is 30.7 Å². The van der Waals surface area contributed by atoms with Gasteiger partial charge >= 0.3 is 18.2 Å². The minimum absolute atomic E-state index is 0.178. The molecule has 1 unspecified atom stereocenters. The lowest BCUT2D eigenvalue weighted by Crippen LogP contribution is -2.49. The summed E-state index contributed by atoms with van der Waals surface area (Å²) in [5, 5.41) is 2.95. The van der Waals surface area contributed by atoms with Crippen molar-refractivity contribution < 1.29 is 32.3 Å². The van der Waals surface area contributed by atoms with Crippen molar-refractivity contribution in [2.24, 2.45) is 0 Å². The van der Waals surface area contributed by atoms with E-state index >= 15 is 0 Å². The zero-order valence-corrected chi connectivity index (χ0v) is 23.7. The van der Waals surface area contributed by atoms with Crippen molar-refractivity contribution in [1.29, 1.82) is 0 Å². The zero-order valence-electron chi connectivity index (χ0n) is 23.7. The number of urea groups is 1. The molecule has 0 aromatic heterocycles. The van der Waals surface area contributed by atoms with E-state index in [1.54, 1.807) is 18.9 Å². The second kappa shape index (κ2) is 12.3. The van der Waals surface area contributed by atoms with Crippen LogP contribution in [-0.2, 0) is 15.7 Å². The van der Waals surface area contributed by atoms with Gasteiger partial charge in [0.2, 0.25) is 0 Å². The highest BCUT2D eigenvalue weighted by atomic mass is 19.4. The SMILES string of the molecule is CCOC(=O)C1=C(CN2CCCN(C(=O)c3ccc(C(F)(F)F)cc3)CC2)N(C)C(=O)NC1c1ccc(C)cc1C. The molecule has 41 heavy (non-hydrogen) atoms. The number of nitrogens with zero attached hydrogens (tertiary/aromatic N) is 3. The largest absolute Gasteiger partial charge is 0.463 e. The average molecular weight is 573 g/mol. The molecule has 2 heterocycles. The Morgan fingerprint density at radius 2 is 1.73 bits per heavy atom. The van der Waals surface area contributed by atoms with Crippen molar-refractivity contribution in [1.82, 2.24) is 20.0 Å². The lowest BCUT2D eigenvalue weighted by molar-refractivity contribution is -0.139. The van der Waals surface area contributed by atoms with Gasteiger partial charge in [0.25, 0.3) is 5.91 Å². The number of ether oxygens (including phenoxy) is 1. The third kappa shape index (κ3) is 6.73. The summed E-state index contributed by atoms with van der Waals surface area (Å²) in [4.78, 5) is 44.6. The smallest absolute Gasteiger partial charge is 0.416 e. The Hall–Kier alpha value is -3.86. The molecule has 2 aromatic carbocycles. The normalized spacial score (nSPS) is 18.7. The second-order valence-electron chi connectivity index (χ2n) is 10.4. The highest BCUT2D eigenvalue weighted by molar-refractivity contribution is 5.95. The molecular formula is C30H35F3N4O4. The van der Waals surface area contributed by atoms with Crippen molar-refractivity contribution in [3.05, 3.63) is 81.6 Å². The van der Waals surface area contributed by atoms with E-state index in [0.29, 0.717) is 43.9 Å². The number of amides is 3. The average Bonchev–Trinajstić information content (AvgIpc) is 3.16. The van der Waals surface area contributed by atoms with Gasteiger partial charge in [-0.2, -0.15) is 13.2 Å². The first-order valence-electron chi connectivity index (χ1n) is 13.6. The van der Waals surface area contributed by atoms with Gasteiger partial charge in [-0.3, -0.25) is 14.6 Å². The fraction of sp³-hybridized carbons (Fsp3) is 0.433. The molecule has 220 valence electrons. The molecule has 1 fully saturated rings. The number of hydrogen-bond donors (Lipinski definition) is 1. The Labute approximate surface area is 237 Å². The molecule has 2 aromatic rings. The van der Waals surface area contributed by atoms with Gasteiger partial charge in [0, 0.05) is 51.0 Å². The first-order valence-corrected chi connectivity index (χ1v) is 13.6. The van der Waals surface area contributed by atoms with E-state index in [4.69, 9.17) is 4.74 Å². The summed E-state index contributed by atoms with van der Waals surface area (Å²) in [5.41, 5.74) is 3.09. The van der Waals surface area contributed by atoms with Gasteiger partial charge in [-0.05, 0) is 62.6 Å². The van der Waals surface area contributed by atoms with Crippen molar-refractivity contribution in [2.75, 3.05) is 46.4 Å². The van der Waals surface area contributed by atoms with Crippen LogP contribution >= 0.6 is 0 Å². The maximum atomic E-state index is 13.3. The van der Waals surface area contributed by atoms with Crippen LogP contribution < -0.4 is 5.32 Å². The number of halogens is 3. The third-order valence-corrected chi connectivity index (χ3v) is 7.52. The van der Waals surface area contributed by atoms with Crippen LogP contribution in [-0.4, -0.2) is 79.0 Å².